The number of methoxy groups -OCH3 is 1. The summed E-state index contributed by atoms with van der Waals surface area (Å²) < 4.78 is 17.5. The largest absolute Gasteiger partial charge is 0.497 e. The highest BCUT2D eigenvalue weighted by Gasteiger charge is 2.39. The summed E-state index contributed by atoms with van der Waals surface area (Å²) in [6.45, 7) is 18.5. The molecule has 0 saturated heterocycles. The molecule has 0 aliphatic rings. The average Bonchev–Trinajstić information content (AvgIpc) is 2.65. The van der Waals surface area contributed by atoms with E-state index >= 15 is 0 Å². The van der Waals surface area contributed by atoms with Gasteiger partial charge in [0.15, 0.2) is 14.1 Å². The lowest BCUT2D eigenvalue weighted by atomic mass is 10.0. The summed E-state index contributed by atoms with van der Waals surface area (Å²) in [5.41, 5.74) is 2.12. The quantitative estimate of drug-likeness (QED) is 0.276. The van der Waals surface area contributed by atoms with Gasteiger partial charge in [-0.15, -0.1) is 0 Å². The lowest BCUT2D eigenvalue weighted by Gasteiger charge is -2.39. The molecule has 0 aliphatic carbocycles. The Morgan fingerprint density at radius 1 is 1.17 bits per heavy atom. The van der Waals surface area contributed by atoms with Crippen molar-refractivity contribution in [1.82, 2.24) is 0 Å². The van der Waals surface area contributed by atoms with Crippen molar-refractivity contribution in [1.29, 1.82) is 0 Å². The van der Waals surface area contributed by atoms with Crippen LogP contribution in [0.15, 0.2) is 35.9 Å². The van der Waals surface area contributed by atoms with Crippen molar-refractivity contribution < 1.29 is 18.7 Å². The number of ether oxygens (including phenoxy) is 2. The molecule has 0 bridgehead atoms. The Labute approximate surface area is 185 Å². The van der Waals surface area contributed by atoms with E-state index in [-0.39, 0.29) is 22.8 Å². The summed E-state index contributed by atoms with van der Waals surface area (Å²) in [7, 11) is -0.215. The predicted molar refractivity (Wildman–Crippen MR) is 128 cm³/mol. The van der Waals surface area contributed by atoms with Gasteiger partial charge in [-0.2, -0.15) is 0 Å². The van der Waals surface area contributed by atoms with Gasteiger partial charge in [-0.05, 0) is 66.7 Å². The van der Waals surface area contributed by atoms with Crippen LogP contribution in [0.5, 0.6) is 5.75 Å². The summed E-state index contributed by atoms with van der Waals surface area (Å²) in [6.07, 6.45) is 3.15. The Morgan fingerprint density at radius 2 is 1.77 bits per heavy atom. The molecule has 1 aromatic carbocycles. The molecule has 2 atom stereocenters. The lowest BCUT2D eigenvalue weighted by Crippen LogP contribution is -2.44. The second-order valence-electron chi connectivity index (χ2n) is 9.80. The first-order valence-electron chi connectivity index (χ1n) is 11.0. The van der Waals surface area contributed by atoms with Crippen LogP contribution in [0.1, 0.15) is 59.9 Å². The van der Waals surface area contributed by atoms with Crippen LogP contribution < -0.4 is 4.74 Å². The Kier molecular flexibility index (Phi) is 10.5. The first-order valence-corrected chi connectivity index (χ1v) is 13.9. The summed E-state index contributed by atoms with van der Waals surface area (Å²) in [4.78, 5) is 12.6. The van der Waals surface area contributed by atoms with Gasteiger partial charge >= 0.3 is 0 Å². The molecule has 0 amide bonds. The first-order chi connectivity index (χ1) is 13.9. The van der Waals surface area contributed by atoms with E-state index in [4.69, 9.17) is 13.9 Å². The fourth-order valence-corrected chi connectivity index (χ4v) is 4.36. The molecule has 0 N–H and O–H groups in total. The van der Waals surface area contributed by atoms with Crippen molar-refractivity contribution in [2.45, 2.75) is 85.2 Å². The highest BCUT2D eigenvalue weighted by atomic mass is 28.4. The van der Waals surface area contributed by atoms with E-state index in [9.17, 15) is 4.79 Å². The Morgan fingerprint density at radius 3 is 2.27 bits per heavy atom. The zero-order valence-corrected chi connectivity index (χ0v) is 21.5. The van der Waals surface area contributed by atoms with E-state index in [0.29, 0.717) is 19.6 Å². The standard InChI is InChI=1S/C25H42O4Si/c1-10-24(29-30(8,9)25(4,5)6)20(3)16-22(26)15-19(2)17-28-18-21-11-13-23(27-7)14-12-21/h11-14,16,19,24H,10,15,17-18H2,1-9H3/b20-16+/t19-,24+/m0/s1. The molecule has 4 nitrogen and oxygen atoms in total. The van der Waals surface area contributed by atoms with Crippen LogP contribution >= 0.6 is 0 Å². The maximum Gasteiger partial charge on any atom is 0.192 e. The zero-order valence-electron chi connectivity index (χ0n) is 20.5. The minimum atomic E-state index is -1.87. The molecule has 30 heavy (non-hydrogen) atoms. The van der Waals surface area contributed by atoms with E-state index in [2.05, 4.69) is 47.7 Å². The van der Waals surface area contributed by atoms with E-state index in [0.717, 1.165) is 23.3 Å². The number of hydrogen-bond donors (Lipinski definition) is 0. The SMILES string of the molecule is CC[C@@H](O[Si](C)(C)C(C)(C)C)/C(C)=C/C(=O)C[C@H](C)COCc1ccc(OC)cc1. The number of rotatable bonds is 12. The highest BCUT2D eigenvalue weighted by molar-refractivity contribution is 6.74. The molecule has 0 aliphatic heterocycles. The van der Waals surface area contributed by atoms with Gasteiger partial charge in [0.1, 0.15) is 5.75 Å². The smallest absolute Gasteiger partial charge is 0.192 e. The summed E-state index contributed by atoms with van der Waals surface area (Å²) in [6, 6.07) is 7.84. The fraction of sp³-hybridized carbons (Fsp3) is 0.640. The molecular weight excluding hydrogens is 392 g/mol. The van der Waals surface area contributed by atoms with Gasteiger partial charge in [0, 0.05) is 6.42 Å². The van der Waals surface area contributed by atoms with Crippen LogP contribution in [0.25, 0.3) is 0 Å². The molecule has 0 aromatic heterocycles. The molecule has 0 unspecified atom stereocenters. The molecule has 0 radical (unpaired) electrons. The average molecular weight is 435 g/mol. The van der Waals surface area contributed by atoms with Crippen molar-refractivity contribution in [3.05, 3.63) is 41.5 Å². The van der Waals surface area contributed by atoms with Crippen molar-refractivity contribution in [2.24, 2.45) is 5.92 Å². The van der Waals surface area contributed by atoms with Crippen LogP contribution in [-0.2, 0) is 20.6 Å². The topological polar surface area (TPSA) is 44.8 Å². The number of benzene rings is 1. The van der Waals surface area contributed by atoms with Crippen molar-refractivity contribution >= 4 is 14.1 Å². The molecule has 0 saturated carbocycles. The van der Waals surface area contributed by atoms with Gasteiger partial charge in [0.05, 0.1) is 26.4 Å². The molecule has 0 spiro atoms. The molecule has 1 rings (SSSR count). The molecule has 1 aromatic rings. The van der Waals surface area contributed by atoms with E-state index in [1.165, 1.54) is 0 Å². The number of allylic oxidation sites excluding steroid dienone is 1. The minimum absolute atomic E-state index is 0.0106. The normalized spacial score (nSPS) is 15.0. The van der Waals surface area contributed by atoms with E-state index in [1.54, 1.807) is 13.2 Å². The predicted octanol–water partition coefficient (Wildman–Crippen LogP) is 6.55. The maximum absolute atomic E-state index is 12.6. The number of carbonyl (C=O) groups excluding carboxylic acids is 1. The minimum Gasteiger partial charge on any atom is -0.497 e. The van der Waals surface area contributed by atoms with Gasteiger partial charge in [0.25, 0.3) is 0 Å². The fourth-order valence-electron chi connectivity index (χ4n) is 2.94. The maximum atomic E-state index is 12.6. The van der Waals surface area contributed by atoms with Gasteiger partial charge in [0.2, 0.25) is 0 Å². The summed E-state index contributed by atoms with van der Waals surface area (Å²) in [5, 5.41) is 0.153. The number of hydrogen-bond acceptors (Lipinski definition) is 4. The van der Waals surface area contributed by atoms with Gasteiger partial charge in [-0.1, -0.05) is 46.8 Å². The van der Waals surface area contributed by atoms with Crippen LogP contribution in [0, 0.1) is 5.92 Å². The van der Waals surface area contributed by atoms with Gasteiger partial charge in [-0.3, -0.25) is 4.79 Å². The number of carbonyl (C=O) groups is 1. The molecule has 0 heterocycles. The Hall–Kier alpha value is -1.43. The van der Waals surface area contributed by atoms with Crippen molar-refractivity contribution in [3.63, 3.8) is 0 Å². The summed E-state index contributed by atoms with van der Waals surface area (Å²) >= 11 is 0. The van der Waals surface area contributed by atoms with E-state index < -0.39 is 8.32 Å². The second-order valence-corrected chi connectivity index (χ2v) is 14.6. The third-order valence-electron chi connectivity index (χ3n) is 5.89. The van der Waals surface area contributed by atoms with E-state index in [1.807, 2.05) is 31.2 Å². The van der Waals surface area contributed by atoms with Crippen LogP contribution in [-0.4, -0.2) is 33.9 Å². The zero-order chi connectivity index (χ0) is 22.9. The van der Waals surface area contributed by atoms with Crippen LogP contribution in [0.3, 0.4) is 0 Å². The third kappa shape index (κ3) is 8.74. The Bertz CT molecular complexity index is 686. The van der Waals surface area contributed by atoms with Crippen molar-refractivity contribution in [3.8, 4) is 5.75 Å². The number of ketones is 1. The second kappa shape index (κ2) is 11.8. The van der Waals surface area contributed by atoms with Crippen molar-refractivity contribution in [2.75, 3.05) is 13.7 Å². The van der Waals surface area contributed by atoms with Gasteiger partial charge in [-0.25, -0.2) is 0 Å². The molecule has 5 heteroatoms. The molecule has 0 fully saturated rings. The van der Waals surface area contributed by atoms with Crippen LogP contribution in [0.2, 0.25) is 18.1 Å². The molecular formula is C25H42O4Si. The third-order valence-corrected chi connectivity index (χ3v) is 10.4. The lowest BCUT2D eigenvalue weighted by molar-refractivity contribution is -0.115. The highest BCUT2D eigenvalue weighted by Crippen LogP contribution is 2.38. The Balaban J connectivity index is 2.53. The van der Waals surface area contributed by atoms with Gasteiger partial charge < -0.3 is 13.9 Å². The van der Waals surface area contributed by atoms with Crippen LogP contribution in [0.4, 0.5) is 0 Å². The summed E-state index contributed by atoms with van der Waals surface area (Å²) in [5.74, 6) is 1.15. The first kappa shape index (κ1) is 26.6. The molecule has 170 valence electrons. The monoisotopic (exact) mass is 434 g/mol.